The molecule has 1 fully saturated rings. The normalized spacial score (nSPS) is 13.4. The monoisotopic (exact) mass is 1430 g/mol. The Kier molecular flexibility index (Phi) is 22.6. The fourth-order valence-electron chi connectivity index (χ4n) is 13.0. The zero-order valence-electron chi connectivity index (χ0n) is 62.7. The molecule has 24 nitrogen and oxygen atoms in total. The minimum atomic E-state index is 0.255. The van der Waals surface area contributed by atoms with Crippen LogP contribution in [0.1, 0.15) is 45.7 Å². The van der Waals surface area contributed by atoms with Crippen LogP contribution in [0.2, 0.25) is 0 Å². The van der Waals surface area contributed by atoms with E-state index in [1.807, 2.05) is 137 Å². The molecule has 15 rings (SSSR count). The first-order valence-electron chi connectivity index (χ1n) is 35.6. The molecule has 3 atom stereocenters. The topological polar surface area (TPSA) is 226 Å². The van der Waals surface area contributed by atoms with Crippen molar-refractivity contribution in [1.29, 1.82) is 0 Å². The van der Waals surface area contributed by atoms with Crippen molar-refractivity contribution in [2.75, 3.05) is 77.0 Å². The number of hydrogen-bond donors (Lipinski definition) is 1. The van der Waals surface area contributed by atoms with Gasteiger partial charge in [-0.15, -0.1) is 0 Å². The van der Waals surface area contributed by atoms with Crippen molar-refractivity contribution in [2.45, 2.75) is 58.7 Å². The van der Waals surface area contributed by atoms with Crippen molar-refractivity contribution in [1.82, 2.24) is 74.1 Å². The van der Waals surface area contributed by atoms with Crippen LogP contribution in [0.15, 0.2) is 214 Å². The van der Waals surface area contributed by atoms with E-state index in [9.17, 15) is 0 Å². The maximum atomic E-state index is 5.58. The van der Waals surface area contributed by atoms with Crippen LogP contribution in [0.5, 0.6) is 34.5 Å². The van der Waals surface area contributed by atoms with Gasteiger partial charge in [0, 0.05) is 214 Å². The van der Waals surface area contributed by atoms with Gasteiger partial charge in [-0.25, -0.2) is 15.0 Å². The largest absolute Gasteiger partial charge is 0.497 e. The summed E-state index contributed by atoms with van der Waals surface area (Å²) in [7, 11) is 15.7. The smallest absolute Gasteiger partial charge is 0.124 e. The molecule has 107 heavy (non-hydrogen) atoms. The Morgan fingerprint density at radius 1 is 0.430 bits per heavy atom. The molecule has 6 aromatic carbocycles. The summed E-state index contributed by atoms with van der Waals surface area (Å²) in [6.45, 7) is 12.0. The Bertz CT molecular complexity index is 5250. The van der Waals surface area contributed by atoms with Gasteiger partial charge in [-0.3, -0.25) is 34.0 Å². The van der Waals surface area contributed by atoms with Crippen LogP contribution < -0.4 is 48.4 Å². The average Bonchev–Trinajstić information content (AvgIpc) is 1.77. The summed E-state index contributed by atoms with van der Waals surface area (Å²) in [5.41, 5.74) is 17.4. The Labute approximate surface area is 623 Å². The minimum absolute atomic E-state index is 0.255. The molecule has 8 aromatic heterocycles. The predicted octanol–water partition coefficient (Wildman–Crippen LogP) is 15.3. The maximum Gasteiger partial charge on any atom is 0.124 e. The maximum absolute atomic E-state index is 5.58. The molecule has 8 heterocycles. The van der Waals surface area contributed by atoms with E-state index in [0.29, 0.717) is 23.8 Å². The molecule has 24 heteroatoms. The van der Waals surface area contributed by atoms with Crippen molar-refractivity contribution in [3.63, 3.8) is 0 Å². The van der Waals surface area contributed by atoms with Gasteiger partial charge in [-0.05, 0) is 97.1 Å². The SMILES string of the molecule is COc1cc(OC)cc(N(CC(NC(C)C)C(C)C)c2ccc3ncc(-c4cnn(C)c4)nc3c2)c1.COc1cc(OC)cc(N(CCn2cccc2)c2ccc3ncc(-c4cnn(C)c4)nc3c2)c1.COc1cc(OC)cc(N(C[C@H]2C[C@@H]2c2ccccn2)c2ccc3ncc(-c4cnn(C)c4)nc3c2)c1. The molecule has 548 valence electrons. The summed E-state index contributed by atoms with van der Waals surface area (Å²) in [5, 5.41) is 16.5. The van der Waals surface area contributed by atoms with E-state index in [-0.39, 0.29) is 6.04 Å². The fraction of sp³-hybridized carbons (Fsp3) is 0.277. The van der Waals surface area contributed by atoms with Gasteiger partial charge in [-0.2, -0.15) is 15.3 Å². The number of pyridine rings is 1. The lowest BCUT2D eigenvalue weighted by atomic mass is 10.0. The third kappa shape index (κ3) is 17.7. The highest BCUT2D eigenvalue weighted by Crippen LogP contribution is 2.49. The Morgan fingerprint density at radius 2 is 0.832 bits per heavy atom. The van der Waals surface area contributed by atoms with Gasteiger partial charge in [-0.1, -0.05) is 33.8 Å². The molecule has 0 aliphatic heterocycles. The molecule has 1 saturated carbocycles. The molecule has 1 N–H and O–H groups in total. The second kappa shape index (κ2) is 33.1. The van der Waals surface area contributed by atoms with Crippen LogP contribution in [0.4, 0.5) is 34.1 Å². The second-order valence-electron chi connectivity index (χ2n) is 27.0. The number of benzene rings is 6. The van der Waals surface area contributed by atoms with E-state index in [2.05, 4.69) is 148 Å². The molecule has 1 aliphatic carbocycles. The van der Waals surface area contributed by atoms with Gasteiger partial charge in [0.15, 0.2) is 0 Å². The average molecular weight is 1440 g/mol. The van der Waals surface area contributed by atoms with Crippen LogP contribution in [0.3, 0.4) is 0 Å². The zero-order valence-corrected chi connectivity index (χ0v) is 62.7. The molecule has 0 saturated heterocycles. The van der Waals surface area contributed by atoms with Crippen LogP contribution in [-0.2, 0) is 27.7 Å². The molecule has 14 aromatic rings. The molecular formula is C83H90N18O6. The first-order valence-corrected chi connectivity index (χ1v) is 35.6. The van der Waals surface area contributed by atoms with Crippen molar-refractivity contribution >= 4 is 67.2 Å². The van der Waals surface area contributed by atoms with Crippen LogP contribution >= 0.6 is 0 Å². The second-order valence-corrected chi connectivity index (χ2v) is 27.0. The third-order valence-corrected chi connectivity index (χ3v) is 18.8. The first-order chi connectivity index (χ1) is 52.0. The van der Waals surface area contributed by atoms with E-state index >= 15 is 0 Å². The van der Waals surface area contributed by atoms with Crippen molar-refractivity contribution < 1.29 is 28.4 Å². The standard InChI is InChI=1S/C29H28N6O2.C28H36N6O2.C26H26N6O2/c1-34-17-20(15-32-34)29-16-31-27-8-7-21(13-28(27)33-29)35(22-11-23(36-2)14-24(12-22)37-3)18-19-10-25(19)26-6-4-5-9-30-26;1-18(2)28(31-19(3)4)17-34(22-10-23(35-6)13-24(11-22)36-7)21-8-9-25-26(12-21)32-27(15-29-25)20-14-30-33(5)16-20;1-30-18-19(16-28-30)26-17-27-24-7-6-20(14-25(24)29-26)32(11-10-31-8-4-5-9-31)21-12-22(33-2)15-23(13-21)34-3/h4-9,11-17,19,25H,10,18H2,1-3H3;8-16,18-19,28,31H,17H2,1-7H3;4-9,12-18H,10-11H2,1-3H3/t19-,25+;;/m1../s1. The third-order valence-electron chi connectivity index (χ3n) is 18.8. The zero-order chi connectivity index (χ0) is 74.7. The lowest BCUT2D eigenvalue weighted by Crippen LogP contribution is -2.45. The van der Waals surface area contributed by atoms with Crippen molar-refractivity contribution in [3.05, 3.63) is 220 Å². The Hall–Kier alpha value is -12.4. The van der Waals surface area contributed by atoms with Crippen LogP contribution in [-0.4, -0.2) is 143 Å². The Balaban J connectivity index is 0.000000142. The number of anilines is 6. The summed E-state index contributed by atoms with van der Waals surface area (Å²) in [4.78, 5) is 40.1. The van der Waals surface area contributed by atoms with Gasteiger partial charge in [0.2, 0.25) is 0 Å². The number of aryl methyl sites for hydroxylation is 3. The van der Waals surface area contributed by atoms with Gasteiger partial charge in [0.05, 0.1) is 130 Å². The minimum Gasteiger partial charge on any atom is -0.497 e. The highest BCUT2D eigenvalue weighted by atomic mass is 16.5. The number of hydrogen-bond acceptors (Lipinski definition) is 20. The highest BCUT2D eigenvalue weighted by molar-refractivity contribution is 5.86. The summed E-state index contributed by atoms with van der Waals surface area (Å²) in [6, 6.07) is 47.3. The molecule has 0 bridgehead atoms. The van der Waals surface area contributed by atoms with Gasteiger partial charge in [0.25, 0.3) is 0 Å². The number of fused-ring (bicyclic) bond motifs is 3. The van der Waals surface area contributed by atoms with E-state index in [1.165, 1.54) is 0 Å². The molecule has 1 unspecified atom stereocenters. The molecule has 0 spiro atoms. The van der Waals surface area contributed by atoms with Crippen LogP contribution in [0.25, 0.3) is 66.9 Å². The predicted molar refractivity (Wildman–Crippen MR) is 421 cm³/mol. The van der Waals surface area contributed by atoms with Gasteiger partial charge in [0.1, 0.15) is 34.5 Å². The molecule has 1 aliphatic rings. The molecule has 0 amide bonds. The lowest BCUT2D eigenvalue weighted by molar-refractivity contribution is 0.375. The number of ether oxygens (including phenoxy) is 6. The van der Waals surface area contributed by atoms with Gasteiger partial charge < -0.3 is 53.0 Å². The van der Waals surface area contributed by atoms with Crippen molar-refractivity contribution in [2.24, 2.45) is 33.0 Å². The quantitative estimate of drug-likeness (QED) is 0.0532. The summed E-state index contributed by atoms with van der Waals surface area (Å²) in [5.74, 6) is 5.81. The number of rotatable bonds is 26. The number of nitrogens with zero attached hydrogens (tertiary/aromatic N) is 17. The highest BCUT2D eigenvalue weighted by Gasteiger charge is 2.41. The fourth-order valence-corrected chi connectivity index (χ4v) is 13.0. The number of methoxy groups -OCH3 is 6. The summed E-state index contributed by atoms with van der Waals surface area (Å²) < 4.78 is 40.8. The lowest BCUT2D eigenvalue weighted by Gasteiger charge is -2.33. The number of aromatic nitrogens is 14. The number of nitrogens with one attached hydrogen (secondary N) is 1. The summed E-state index contributed by atoms with van der Waals surface area (Å²) >= 11 is 0. The van der Waals surface area contributed by atoms with E-state index in [1.54, 1.807) is 93.9 Å². The molecule has 0 radical (unpaired) electrons. The van der Waals surface area contributed by atoms with E-state index < -0.39 is 0 Å². The van der Waals surface area contributed by atoms with E-state index in [4.69, 9.17) is 43.4 Å². The van der Waals surface area contributed by atoms with Gasteiger partial charge >= 0.3 is 0 Å². The molecular weight excluding hydrogens is 1350 g/mol. The van der Waals surface area contributed by atoms with Crippen LogP contribution in [0, 0.1) is 11.8 Å². The Morgan fingerprint density at radius 3 is 1.21 bits per heavy atom. The summed E-state index contributed by atoms with van der Waals surface area (Å²) in [6.07, 6.45) is 23.7. The first kappa shape index (κ1) is 72.9. The van der Waals surface area contributed by atoms with E-state index in [0.717, 1.165) is 174 Å². The van der Waals surface area contributed by atoms with Crippen molar-refractivity contribution in [3.8, 4) is 68.3 Å².